The molecule has 1 heterocycles. The fourth-order valence-corrected chi connectivity index (χ4v) is 7.04. The summed E-state index contributed by atoms with van der Waals surface area (Å²) in [4.78, 5) is 12.7. The number of sulfonamides is 2. The van der Waals surface area contributed by atoms with Gasteiger partial charge >= 0.3 is 0 Å². The Bertz CT molecular complexity index is 1550. The molecule has 0 aromatic heterocycles. The van der Waals surface area contributed by atoms with Crippen molar-refractivity contribution in [3.05, 3.63) is 77.9 Å². The van der Waals surface area contributed by atoms with Gasteiger partial charge in [0.25, 0.3) is 15.9 Å². The SMILES string of the molecule is CCOc1ccc(NS(=O)(=O)c2ccc(OCC(=O)NCc3ccc(S(=O)(=O)N4CCCCC4)cc3)c(C)c2)cc1. The highest BCUT2D eigenvalue weighted by Gasteiger charge is 2.25. The van der Waals surface area contributed by atoms with E-state index in [0.717, 1.165) is 24.8 Å². The maximum Gasteiger partial charge on any atom is 0.261 e. The molecular weight excluding hydrogens is 566 g/mol. The Labute approximate surface area is 241 Å². The number of hydrogen-bond donors (Lipinski definition) is 2. The Morgan fingerprint density at radius 2 is 1.51 bits per heavy atom. The molecule has 41 heavy (non-hydrogen) atoms. The molecule has 0 bridgehead atoms. The van der Waals surface area contributed by atoms with Gasteiger partial charge in [-0.05, 0) is 92.4 Å². The van der Waals surface area contributed by atoms with Gasteiger partial charge in [0.05, 0.1) is 16.4 Å². The summed E-state index contributed by atoms with van der Waals surface area (Å²) in [5.74, 6) is 0.657. The molecule has 3 aromatic rings. The lowest BCUT2D eigenvalue weighted by Crippen LogP contribution is -2.35. The Kier molecular flexibility index (Phi) is 9.90. The molecule has 0 spiro atoms. The zero-order valence-electron chi connectivity index (χ0n) is 23.1. The van der Waals surface area contributed by atoms with Crippen molar-refractivity contribution in [3.63, 3.8) is 0 Å². The highest BCUT2D eigenvalue weighted by molar-refractivity contribution is 7.92. The van der Waals surface area contributed by atoms with Crippen molar-refractivity contribution in [1.82, 2.24) is 9.62 Å². The van der Waals surface area contributed by atoms with Gasteiger partial charge in [-0.2, -0.15) is 4.31 Å². The first kappa shape index (κ1) is 30.4. The second-order valence-electron chi connectivity index (χ2n) is 9.66. The molecule has 1 aliphatic heterocycles. The van der Waals surface area contributed by atoms with Gasteiger partial charge in [-0.3, -0.25) is 9.52 Å². The Morgan fingerprint density at radius 3 is 2.15 bits per heavy atom. The highest BCUT2D eigenvalue weighted by Crippen LogP contribution is 2.25. The number of benzene rings is 3. The number of carbonyl (C=O) groups is 1. The standard InChI is InChI=1S/C29H35N3O7S2/c1-3-38-25-11-9-24(10-12-25)31-40(34,35)27-15-16-28(22(2)19-27)39-21-29(33)30-20-23-7-13-26(14-8-23)41(36,37)32-17-5-4-6-18-32/h7-16,19,31H,3-6,17-18,20-21H2,1-2H3,(H,30,33). The lowest BCUT2D eigenvalue weighted by molar-refractivity contribution is -0.123. The molecule has 0 saturated carbocycles. The molecule has 10 nitrogen and oxygen atoms in total. The average molecular weight is 602 g/mol. The molecule has 0 radical (unpaired) electrons. The summed E-state index contributed by atoms with van der Waals surface area (Å²) >= 11 is 0. The molecule has 0 atom stereocenters. The summed E-state index contributed by atoms with van der Waals surface area (Å²) < 4.78 is 66.3. The van der Waals surface area contributed by atoms with Gasteiger partial charge in [0.15, 0.2) is 6.61 Å². The summed E-state index contributed by atoms with van der Waals surface area (Å²) in [5, 5.41) is 2.75. The van der Waals surface area contributed by atoms with Crippen molar-refractivity contribution in [2.24, 2.45) is 0 Å². The minimum atomic E-state index is -3.83. The molecule has 0 unspecified atom stereocenters. The van der Waals surface area contributed by atoms with Crippen molar-refractivity contribution in [2.45, 2.75) is 49.4 Å². The maximum absolute atomic E-state index is 12.8. The minimum Gasteiger partial charge on any atom is -0.494 e. The van der Waals surface area contributed by atoms with Gasteiger partial charge in [-0.1, -0.05) is 18.6 Å². The summed E-state index contributed by atoms with van der Waals surface area (Å²) in [6, 6.07) is 17.5. The van der Waals surface area contributed by atoms with Crippen molar-refractivity contribution >= 4 is 31.6 Å². The van der Waals surface area contributed by atoms with Gasteiger partial charge in [-0.15, -0.1) is 0 Å². The van der Waals surface area contributed by atoms with Crippen LogP contribution >= 0.6 is 0 Å². The number of hydrogen-bond acceptors (Lipinski definition) is 7. The van der Waals surface area contributed by atoms with E-state index >= 15 is 0 Å². The Balaban J connectivity index is 1.28. The molecular formula is C29H35N3O7S2. The molecule has 12 heteroatoms. The van der Waals surface area contributed by atoms with E-state index in [9.17, 15) is 21.6 Å². The van der Waals surface area contributed by atoms with E-state index in [2.05, 4.69) is 10.0 Å². The lowest BCUT2D eigenvalue weighted by Gasteiger charge is -2.25. The third kappa shape index (κ3) is 7.99. The lowest BCUT2D eigenvalue weighted by atomic mass is 10.2. The molecule has 3 aromatic carbocycles. The predicted octanol–water partition coefficient (Wildman–Crippen LogP) is 4.06. The topological polar surface area (TPSA) is 131 Å². The summed E-state index contributed by atoms with van der Waals surface area (Å²) in [7, 11) is -7.34. The van der Waals surface area contributed by atoms with E-state index in [0.29, 0.717) is 42.4 Å². The molecule has 220 valence electrons. The molecule has 2 N–H and O–H groups in total. The Hall–Kier alpha value is -3.61. The van der Waals surface area contributed by atoms with E-state index in [1.807, 2.05) is 6.92 Å². The van der Waals surface area contributed by atoms with Crippen molar-refractivity contribution < 1.29 is 31.1 Å². The zero-order chi connectivity index (χ0) is 29.5. The normalized spacial score (nSPS) is 14.3. The number of amides is 1. The van der Waals surface area contributed by atoms with E-state index in [-0.39, 0.29) is 28.8 Å². The summed E-state index contributed by atoms with van der Waals surface area (Å²) in [6.07, 6.45) is 2.79. The maximum atomic E-state index is 12.8. The first-order valence-corrected chi connectivity index (χ1v) is 16.4. The largest absolute Gasteiger partial charge is 0.494 e. The summed E-state index contributed by atoms with van der Waals surface area (Å²) in [6.45, 7) is 5.10. The third-order valence-corrected chi connectivity index (χ3v) is 9.89. The van der Waals surface area contributed by atoms with E-state index < -0.39 is 20.0 Å². The monoisotopic (exact) mass is 601 g/mol. The van der Waals surface area contributed by atoms with Crippen molar-refractivity contribution in [1.29, 1.82) is 0 Å². The van der Waals surface area contributed by atoms with Crippen molar-refractivity contribution in [2.75, 3.05) is 31.0 Å². The fourth-order valence-electron chi connectivity index (χ4n) is 4.38. The molecule has 1 saturated heterocycles. The second kappa shape index (κ2) is 13.4. The molecule has 0 aliphatic carbocycles. The van der Waals surface area contributed by atoms with Gasteiger partial charge < -0.3 is 14.8 Å². The number of carbonyl (C=O) groups excluding carboxylic acids is 1. The fraction of sp³-hybridized carbons (Fsp3) is 0.345. The molecule has 1 aliphatic rings. The van der Waals surface area contributed by atoms with Crippen LogP contribution in [-0.4, -0.2) is 53.4 Å². The van der Waals surface area contributed by atoms with Crippen LogP contribution < -0.4 is 19.5 Å². The van der Waals surface area contributed by atoms with Crippen LogP contribution in [0.1, 0.15) is 37.3 Å². The van der Waals surface area contributed by atoms with Crippen LogP contribution in [0.15, 0.2) is 76.5 Å². The van der Waals surface area contributed by atoms with Crippen LogP contribution in [-0.2, 0) is 31.4 Å². The highest BCUT2D eigenvalue weighted by atomic mass is 32.2. The number of anilines is 1. The smallest absolute Gasteiger partial charge is 0.261 e. The van der Waals surface area contributed by atoms with Crippen LogP contribution in [0.3, 0.4) is 0 Å². The predicted molar refractivity (Wildman–Crippen MR) is 156 cm³/mol. The molecule has 4 rings (SSSR count). The number of ether oxygens (including phenoxy) is 2. The number of nitrogens with zero attached hydrogens (tertiary/aromatic N) is 1. The summed E-state index contributed by atoms with van der Waals surface area (Å²) in [5.41, 5.74) is 1.71. The second-order valence-corrected chi connectivity index (χ2v) is 13.3. The van der Waals surface area contributed by atoms with Gasteiger partial charge in [0.2, 0.25) is 10.0 Å². The quantitative estimate of drug-likeness (QED) is 0.320. The van der Waals surface area contributed by atoms with Crippen molar-refractivity contribution in [3.8, 4) is 11.5 Å². The molecule has 1 fully saturated rings. The van der Waals surface area contributed by atoms with Gasteiger partial charge in [0, 0.05) is 25.3 Å². The van der Waals surface area contributed by atoms with Crippen LogP contribution in [0.5, 0.6) is 11.5 Å². The van der Waals surface area contributed by atoms with Gasteiger partial charge in [0.1, 0.15) is 11.5 Å². The molecule has 1 amide bonds. The van der Waals surface area contributed by atoms with Gasteiger partial charge in [-0.25, -0.2) is 16.8 Å². The van der Waals surface area contributed by atoms with E-state index in [1.165, 1.54) is 22.5 Å². The van der Waals surface area contributed by atoms with E-state index in [4.69, 9.17) is 9.47 Å². The number of aryl methyl sites for hydroxylation is 1. The third-order valence-electron chi connectivity index (χ3n) is 6.60. The average Bonchev–Trinajstić information content (AvgIpc) is 2.97. The van der Waals surface area contributed by atoms with Crippen LogP contribution in [0.4, 0.5) is 5.69 Å². The van der Waals surface area contributed by atoms with Crippen LogP contribution in [0, 0.1) is 6.92 Å². The number of nitrogens with one attached hydrogen (secondary N) is 2. The van der Waals surface area contributed by atoms with E-state index in [1.54, 1.807) is 55.5 Å². The van der Waals surface area contributed by atoms with Crippen LogP contribution in [0.25, 0.3) is 0 Å². The zero-order valence-corrected chi connectivity index (χ0v) is 24.8. The minimum absolute atomic E-state index is 0.0615. The number of rotatable bonds is 12. The first-order chi connectivity index (χ1) is 19.6. The first-order valence-electron chi connectivity index (χ1n) is 13.4. The van der Waals surface area contributed by atoms with Crippen LogP contribution in [0.2, 0.25) is 0 Å². The Morgan fingerprint density at radius 1 is 0.854 bits per heavy atom. The number of piperidine rings is 1.